The van der Waals surface area contributed by atoms with E-state index in [0.29, 0.717) is 38.1 Å². The van der Waals surface area contributed by atoms with Crippen molar-refractivity contribution >= 4 is 10.2 Å². The molecule has 0 aromatic rings. The fourth-order valence-corrected chi connectivity index (χ4v) is 3.68. The Kier molecular flexibility index (Phi) is 7.39. The van der Waals surface area contributed by atoms with Gasteiger partial charge in [-0.25, -0.2) is 4.72 Å². The maximum absolute atomic E-state index is 12.2. The van der Waals surface area contributed by atoms with Crippen molar-refractivity contribution in [2.45, 2.75) is 39.2 Å². The third-order valence-electron chi connectivity index (χ3n) is 4.01. The van der Waals surface area contributed by atoms with Crippen LogP contribution in [0.4, 0.5) is 0 Å². The molecule has 0 amide bonds. The number of rotatable bonds is 8. The smallest absolute Gasteiger partial charge is 0.279 e. The van der Waals surface area contributed by atoms with Gasteiger partial charge in [0.2, 0.25) is 0 Å². The summed E-state index contributed by atoms with van der Waals surface area (Å²) < 4.78 is 28.6. The lowest BCUT2D eigenvalue weighted by molar-refractivity contribution is 0.263. The topological polar surface area (TPSA) is 78.7 Å². The summed E-state index contributed by atoms with van der Waals surface area (Å²) in [5.74, 6) is 0.299. The Labute approximate surface area is 123 Å². The summed E-state index contributed by atoms with van der Waals surface area (Å²) >= 11 is 0. The van der Waals surface area contributed by atoms with Gasteiger partial charge in [0.15, 0.2) is 0 Å². The molecule has 1 rings (SSSR count). The second-order valence-corrected chi connectivity index (χ2v) is 7.68. The SMILES string of the molecule is CC(C)N(C)CCCNS(=O)(=O)N1CCCC(CN)C1. The molecule has 0 aliphatic carbocycles. The van der Waals surface area contributed by atoms with Crippen LogP contribution in [-0.2, 0) is 10.2 Å². The third-order valence-corrected chi connectivity index (χ3v) is 5.59. The zero-order valence-corrected chi connectivity index (χ0v) is 13.8. The molecule has 0 radical (unpaired) electrons. The fourth-order valence-electron chi connectivity index (χ4n) is 2.32. The van der Waals surface area contributed by atoms with Crippen LogP contribution in [0.25, 0.3) is 0 Å². The first-order valence-electron chi connectivity index (χ1n) is 7.52. The average molecular weight is 306 g/mol. The Morgan fingerprint density at radius 1 is 1.45 bits per heavy atom. The highest BCUT2D eigenvalue weighted by Crippen LogP contribution is 2.17. The molecule has 0 spiro atoms. The number of hydrogen-bond donors (Lipinski definition) is 2. The van der Waals surface area contributed by atoms with Gasteiger partial charge < -0.3 is 10.6 Å². The minimum atomic E-state index is -3.34. The van der Waals surface area contributed by atoms with Crippen molar-refractivity contribution in [1.82, 2.24) is 13.9 Å². The van der Waals surface area contributed by atoms with E-state index in [9.17, 15) is 8.42 Å². The molecular weight excluding hydrogens is 276 g/mol. The minimum absolute atomic E-state index is 0.299. The van der Waals surface area contributed by atoms with E-state index in [1.165, 1.54) is 0 Å². The van der Waals surface area contributed by atoms with E-state index in [4.69, 9.17) is 5.73 Å². The number of hydrogen-bond acceptors (Lipinski definition) is 4. The highest BCUT2D eigenvalue weighted by Gasteiger charge is 2.27. The van der Waals surface area contributed by atoms with Crippen LogP contribution in [0.15, 0.2) is 0 Å². The number of nitrogens with zero attached hydrogens (tertiary/aromatic N) is 2. The molecule has 0 bridgehead atoms. The Morgan fingerprint density at radius 3 is 2.75 bits per heavy atom. The van der Waals surface area contributed by atoms with Crippen molar-refractivity contribution in [3.63, 3.8) is 0 Å². The molecule has 1 aliphatic heterocycles. The molecule has 7 heteroatoms. The van der Waals surface area contributed by atoms with E-state index in [1.807, 2.05) is 0 Å². The van der Waals surface area contributed by atoms with Crippen molar-refractivity contribution < 1.29 is 8.42 Å². The van der Waals surface area contributed by atoms with E-state index >= 15 is 0 Å². The van der Waals surface area contributed by atoms with Crippen LogP contribution in [0, 0.1) is 5.92 Å². The summed E-state index contributed by atoms with van der Waals surface area (Å²) in [6.07, 6.45) is 2.75. The van der Waals surface area contributed by atoms with Gasteiger partial charge in [-0.15, -0.1) is 0 Å². The molecule has 1 fully saturated rings. The van der Waals surface area contributed by atoms with Crippen LogP contribution < -0.4 is 10.5 Å². The second-order valence-electron chi connectivity index (χ2n) is 5.93. The lowest BCUT2D eigenvalue weighted by atomic mass is 10.0. The first-order chi connectivity index (χ1) is 9.36. The molecule has 1 heterocycles. The highest BCUT2D eigenvalue weighted by molar-refractivity contribution is 7.87. The summed E-state index contributed by atoms with van der Waals surface area (Å²) in [5.41, 5.74) is 5.64. The van der Waals surface area contributed by atoms with Crippen LogP contribution in [0.5, 0.6) is 0 Å². The Hall–Kier alpha value is -0.210. The molecule has 1 aliphatic rings. The highest BCUT2D eigenvalue weighted by atomic mass is 32.2. The van der Waals surface area contributed by atoms with Gasteiger partial charge in [0.1, 0.15) is 0 Å². The van der Waals surface area contributed by atoms with Gasteiger partial charge >= 0.3 is 0 Å². The molecule has 120 valence electrons. The summed E-state index contributed by atoms with van der Waals surface area (Å²) in [6.45, 7) is 7.37. The van der Waals surface area contributed by atoms with Crippen molar-refractivity contribution in [3.05, 3.63) is 0 Å². The first-order valence-corrected chi connectivity index (χ1v) is 8.96. The van der Waals surface area contributed by atoms with Crippen LogP contribution >= 0.6 is 0 Å². The van der Waals surface area contributed by atoms with E-state index in [1.54, 1.807) is 4.31 Å². The van der Waals surface area contributed by atoms with Crippen LogP contribution in [-0.4, -0.2) is 63.4 Å². The molecule has 3 N–H and O–H groups in total. The predicted octanol–water partition coefficient (Wildman–Crippen LogP) is 0.222. The second kappa shape index (κ2) is 8.29. The Bertz CT molecular complexity index is 373. The van der Waals surface area contributed by atoms with Gasteiger partial charge in [-0.2, -0.15) is 12.7 Å². The van der Waals surface area contributed by atoms with Gasteiger partial charge in [0.05, 0.1) is 0 Å². The van der Waals surface area contributed by atoms with Gasteiger partial charge in [0.25, 0.3) is 10.2 Å². The maximum Gasteiger partial charge on any atom is 0.279 e. The van der Waals surface area contributed by atoms with Crippen molar-refractivity contribution in [3.8, 4) is 0 Å². The van der Waals surface area contributed by atoms with Crippen LogP contribution in [0.2, 0.25) is 0 Å². The van der Waals surface area contributed by atoms with E-state index in [0.717, 1.165) is 25.8 Å². The monoisotopic (exact) mass is 306 g/mol. The summed E-state index contributed by atoms with van der Waals surface area (Å²) in [6, 6.07) is 0.485. The predicted molar refractivity (Wildman–Crippen MR) is 82.7 cm³/mol. The molecule has 0 aromatic carbocycles. The molecule has 0 saturated carbocycles. The van der Waals surface area contributed by atoms with E-state index in [-0.39, 0.29) is 0 Å². The summed E-state index contributed by atoms with van der Waals surface area (Å²) in [4.78, 5) is 2.21. The average Bonchev–Trinajstić information content (AvgIpc) is 2.43. The number of nitrogens with two attached hydrogens (primary N) is 1. The van der Waals surface area contributed by atoms with Crippen LogP contribution in [0.1, 0.15) is 33.1 Å². The van der Waals surface area contributed by atoms with Gasteiger partial charge in [-0.3, -0.25) is 0 Å². The van der Waals surface area contributed by atoms with Gasteiger partial charge in [0, 0.05) is 25.7 Å². The molecule has 6 nitrogen and oxygen atoms in total. The lowest BCUT2D eigenvalue weighted by Gasteiger charge is -2.31. The summed E-state index contributed by atoms with van der Waals surface area (Å²) in [5, 5.41) is 0. The van der Waals surface area contributed by atoms with Gasteiger partial charge in [-0.05, 0) is 59.2 Å². The molecule has 1 atom stereocenters. The van der Waals surface area contributed by atoms with Crippen LogP contribution in [0.3, 0.4) is 0 Å². The lowest BCUT2D eigenvalue weighted by Crippen LogP contribution is -2.47. The van der Waals surface area contributed by atoms with E-state index in [2.05, 4.69) is 30.5 Å². The molecule has 20 heavy (non-hydrogen) atoms. The first kappa shape index (κ1) is 17.8. The summed E-state index contributed by atoms with van der Waals surface area (Å²) in [7, 11) is -1.28. The normalized spacial score (nSPS) is 21.8. The largest absolute Gasteiger partial charge is 0.330 e. The number of nitrogens with one attached hydrogen (secondary N) is 1. The minimum Gasteiger partial charge on any atom is -0.330 e. The molecule has 1 saturated heterocycles. The molecule has 1 unspecified atom stereocenters. The molecular formula is C13H30N4O2S. The van der Waals surface area contributed by atoms with Crippen molar-refractivity contribution in [2.24, 2.45) is 11.7 Å². The molecule has 0 aromatic heterocycles. The third kappa shape index (κ3) is 5.65. The zero-order chi connectivity index (χ0) is 15.2. The Balaban J connectivity index is 2.34. The number of piperidine rings is 1. The Morgan fingerprint density at radius 2 is 2.15 bits per heavy atom. The quantitative estimate of drug-likeness (QED) is 0.629. The standard InChI is InChI=1S/C13H30N4O2S/c1-12(2)16(3)8-5-7-15-20(18,19)17-9-4-6-13(10-14)11-17/h12-13,15H,4-11,14H2,1-3H3. The fraction of sp³-hybridized carbons (Fsp3) is 1.00. The van der Waals surface area contributed by atoms with E-state index < -0.39 is 10.2 Å². The van der Waals surface area contributed by atoms with Crippen molar-refractivity contribution in [2.75, 3.05) is 39.8 Å². The maximum atomic E-state index is 12.2. The van der Waals surface area contributed by atoms with Crippen molar-refractivity contribution in [1.29, 1.82) is 0 Å². The zero-order valence-electron chi connectivity index (χ0n) is 13.0. The van der Waals surface area contributed by atoms with Gasteiger partial charge in [-0.1, -0.05) is 0 Å².